The van der Waals surface area contributed by atoms with Crippen LogP contribution >= 0.6 is 0 Å². The number of ether oxygens (including phenoxy) is 1. The summed E-state index contributed by atoms with van der Waals surface area (Å²) in [5, 5.41) is 0. The van der Waals surface area contributed by atoms with Crippen molar-refractivity contribution in [2.24, 2.45) is 11.3 Å². The summed E-state index contributed by atoms with van der Waals surface area (Å²) in [6.07, 6.45) is 1.84. The minimum atomic E-state index is -1.11. The quantitative estimate of drug-likeness (QED) is 0.581. The van der Waals surface area contributed by atoms with E-state index in [1.165, 1.54) is 6.92 Å². The van der Waals surface area contributed by atoms with Crippen LogP contribution in [0.2, 0.25) is 0 Å². The number of rotatable bonds is 4. The monoisotopic (exact) mass is 268 g/mol. The van der Waals surface area contributed by atoms with Crippen LogP contribution in [0.1, 0.15) is 60.3 Å². The zero-order chi connectivity index (χ0) is 14.8. The highest BCUT2D eigenvalue weighted by Crippen LogP contribution is 2.44. The summed E-state index contributed by atoms with van der Waals surface area (Å²) < 4.78 is 5.43. The van der Waals surface area contributed by atoms with Crippen molar-refractivity contribution in [3.63, 3.8) is 0 Å². The first-order valence-electron chi connectivity index (χ1n) is 6.86. The van der Waals surface area contributed by atoms with Crippen LogP contribution in [-0.4, -0.2) is 23.1 Å². The summed E-state index contributed by atoms with van der Waals surface area (Å²) in [7, 11) is 0. The van der Waals surface area contributed by atoms with E-state index < -0.39 is 17.0 Å². The van der Waals surface area contributed by atoms with Crippen molar-refractivity contribution in [1.82, 2.24) is 0 Å². The number of hydrogen-bond acceptors (Lipinski definition) is 4. The Kier molecular flexibility index (Phi) is 4.54. The van der Waals surface area contributed by atoms with Crippen LogP contribution in [0.25, 0.3) is 0 Å². The molecular formula is C15H24O4. The molecule has 1 aliphatic carbocycles. The van der Waals surface area contributed by atoms with Gasteiger partial charge >= 0.3 is 5.97 Å². The van der Waals surface area contributed by atoms with Gasteiger partial charge in [-0.1, -0.05) is 6.92 Å². The Balaban J connectivity index is 3.04. The van der Waals surface area contributed by atoms with Crippen molar-refractivity contribution < 1.29 is 19.1 Å². The molecule has 108 valence electrons. The molecule has 0 aromatic heterocycles. The zero-order valence-corrected chi connectivity index (χ0v) is 12.5. The van der Waals surface area contributed by atoms with Crippen molar-refractivity contribution >= 4 is 17.5 Å². The topological polar surface area (TPSA) is 60.4 Å². The van der Waals surface area contributed by atoms with E-state index in [0.29, 0.717) is 19.3 Å². The second-order valence-electron chi connectivity index (χ2n) is 6.56. The van der Waals surface area contributed by atoms with E-state index in [9.17, 15) is 14.4 Å². The molecule has 0 unspecified atom stereocenters. The molecule has 4 heteroatoms. The van der Waals surface area contributed by atoms with E-state index >= 15 is 0 Å². The summed E-state index contributed by atoms with van der Waals surface area (Å²) in [6, 6.07) is 0. The van der Waals surface area contributed by atoms with E-state index in [1.54, 1.807) is 27.7 Å². The van der Waals surface area contributed by atoms with Crippen LogP contribution in [0.4, 0.5) is 0 Å². The lowest BCUT2D eigenvalue weighted by Crippen LogP contribution is -2.45. The Morgan fingerprint density at radius 2 is 1.95 bits per heavy atom. The van der Waals surface area contributed by atoms with Crippen molar-refractivity contribution in [3.05, 3.63) is 0 Å². The third kappa shape index (κ3) is 3.43. The average molecular weight is 268 g/mol. The van der Waals surface area contributed by atoms with E-state index in [2.05, 4.69) is 0 Å². The van der Waals surface area contributed by atoms with Crippen LogP contribution < -0.4 is 0 Å². The molecule has 0 amide bonds. The zero-order valence-electron chi connectivity index (χ0n) is 12.5. The molecule has 1 saturated carbocycles. The second kappa shape index (κ2) is 5.43. The molecule has 0 spiro atoms. The third-order valence-corrected chi connectivity index (χ3v) is 3.67. The summed E-state index contributed by atoms with van der Waals surface area (Å²) in [5.41, 5.74) is -1.73. The van der Waals surface area contributed by atoms with Gasteiger partial charge < -0.3 is 9.53 Å². The minimum absolute atomic E-state index is 0.00451. The molecule has 0 N–H and O–H groups in total. The Morgan fingerprint density at radius 1 is 1.37 bits per heavy atom. The molecule has 0 saturated heterocycles. The van der Waals surface area contributed by atoms with Gasteiger partial charge in [0.25, 0.3) is 0 Å². The largest absolute Gasteiger partial charge is 0.459 e. The second-order valence-corrected chi connectivity index (χ2v) is 6.56. The highest BCUT2D eigenvalue weighted by Gasteiger charge is 2.54. The summed E-state index contributed by atoms with van der Waals surface area (Å²) in [5.74, 6) is -0.836. The molecule has 0 heterocycles. The predicted molar refractivity (Wildman–Crippen MR) is 71.6 cm³/mol. The normalized spacial score (nSPS) is 25.2. The molecule has 0 bridgehead atoms. The number of carbonyl (C=O) groups excluding carboxylic acids is 3. The van der Waals surface area contributed by atoms with Crippen LogP contribution in [0.15, 0.2) is 0 Å². The highest BCUT2D eigenvalue weighted by molar-refractivity contribution is 6.06. The molecule has 1 rings (SSSR count). The van der Waals surface area contributed by atoms with Crippen molar-refractivity contribution in [1.29, 1.82) is 0 Å². The Bertz CT molecular complexity index is 391. The van der Waals surface area contributed by atoms with E-state index in [0.717, 1.165) is 0 Å². The highest BCUT2D eigenvalue weighted by atomic mass is 16.6. The van der Waals surface area contributed by atoms with Gasteiger partial charge in [-0.25, -0.2) is 0 Å². The van der Waals surface area contributed by atoms with Crippen molar-refractivity contribution in [3.8, 4) is 0 Å². The molecule has 1 fully saturated rings. The lowest BCUT2D eigenvalue weighted by atomic mass is 9.72. The molecule has 1 aliphatic rings. The lowest BCUT2D eigenvalue weighted by molar-refractivity contribution is -0.173. The van der Waals surface area contributed by atoms with Crippen LogP contribution in [0, 0.1) is 11.3 Å². The lowest BCUT2D eigenvalue weighted by Gasteiger charge is -2.34. The Morgan fingerprint density at radius 3 is 2.32 bits per heavy atom. The van der Waals surface area contributed by atoms with E-state index in [4.69, 9.17) is 4.74 Å². The van der Waals surface area contributed by atoms with Crippen molar-refractivity contribution in [2.75, 3.05) is 0 Å². The Hall–Kier alpha value is -1.19. The van der Waals surface area contributed by atoms with Crippen LogP contribution in [0.3, 0.4) is 0 Å². The van der Waals surface area contributed by atoms with E-state index in [1.807, 2.05) is 0 Å². The van der Waals surface area contributed by atoms with Gasteiger partial charge in [0.15, 0.2) is 0 Å². The first kappa shape index (κ1) is 15.9. The Labute approximate surface area is 114 Å². The van der Waals surface area contributed by atoms with Gasteiger partial charge in [0.1, 0.15) is 22.6 Å². The smallest absolute Gasteiger partial charge is 0.320 e. The standard InChI is InChI=1S/C15H24O4/c1-10(9-11(2)16)15(8-6-7-12(15)17)13(18)19-14(3,4)5/h10H,6-9H2,1-5H3/t10-,15+/m1/s1. The first-order valence-corrected chi connectivity index (χ1v) is 6.86. The molecule has 4 nitrogen and oxygen atoms in total. The maximum absolute atomic E-state index is 12.5. The van der Waals surface area contributed by atoms with Crippen LogP contribution in [-0.2, 0) is 19.1 Å². The number of ketones is 2. The third-order valence-electron chi connectivity index (χ3n) is 3.67. The average Bonchev–Trinajstić information content (AvgIpc) is 2.57. The molecule has 19 heavy (non-hydrogen) atoms. The maximum Gasteiger partial charge on any atom is 0.320 e. The molecule has 0 radical (unpaired) electrons. The van der Waals surface area contributed by atoms with Gasteiger partial charge in [-0.2, -0.15) is 0 Å². The molecular weight excluding hydrogens is 244 g/mol. The van der Waals surface area contributed by atoms with Gasteiger partial charge in [-0.15, -0.1) is 0 Å². The van der Waals surface area contributed by atoms with Gasteiger partial charge in [0.2, 0.25) is 0 Å². The molecule has 2 atom stereocenters. The van der Waals surface area contributed by atoms with Gasteiger partial charge in [-0.3, -0.25) is 9.59 Å². The van der Waals surface area contributed by atoms with E-state index in [-0.39, 0.29) is 23.9 Å². The molecule has 0 aromatic rings. The minimum Gasteiger partial charge on any atom is -0.459 e. The number of esters is 1. The first-order chi connectivity index (χ1) is 8.59. The SMILES string of the molecule is CC(=O)C[C@@H](C)[C@@]1(C(=O)OC(C)(C)C)CCCC1=O. The fourth-order valence-corrected chi connectivity index (χ4v) is 2.80. The van der Waals surface area contributed by atoms with Gasteiger partial charge in [0, 0.05) is 12.8 Å². The summed E-state index contributed by atoms with van der Waals surface area (Å²) in [4.78, 5) is 36.0. The van der Waals surface area contributed by atoms with Crippen molar-refractivity contribution in [2.45, 2.75) is 65.9 Å². The number of Topliss-reactive ketones (excluding diaryl/α,β-unsaturated/α-hetero) is 2. The van der Waals surface area contributed by atoms with Gasteiger partial charge in [0.05, 0.1) is 0 Å². The number of carbonyl (C=O) groups is 3. The van der Waals surface area contributed by atoms with Crippen LogP contribution in [0.5, 0.6) is 0 Å². The summed E-state index contributed by atoms with van der Waals surface area (Å²) in [6.45, 7) is 8.64. The molecule has 0 aromatic carbocycles. The molecule has 0 aliphatic heterocycles. The summed E-state index contributed by atoms with van der Waals surface area (Å²) >= 11 is 0. The fourth-order valence-electron chi connectivity index (χ4n) is 2.80. The predicted octanol–water partition coefficient (Wildman–Crippen LogP) is 2.68. The van der Waals surface area contributed by atoms with Gasteiger partial charge in [-0.05, 0) is 46.5 Å². The fraction of sp³-hybridized carbons (Fsp3) is 0.800. The maximum atomic E-state index is 12.5. The number of hydrogen-bond donors (Lipinski definition) is 0.